The van der Waals surface area contributed by atoms with Crippen LogP contribution < -0.4 is 0 Å². The normalized spacial score (nSPS) is 14.5. The molecule has 0 bridgehead atoms. The van der Waals surface area contributed by atoms with Crippen LogP contribution >= 0.6 is 23.1 Å². The van der Waals surface area contributed by atoms with Gasteiger partial charge in [-0.3, -0.25) is 4.79 Å². The Bertz CT molecular complexity index is 870. The molecule has 1 aliphatic rings. The molecular formula is C18H17N3O2S2. The van der Waals surface area contributed by atoms with E-state index in [1.54, 1.807) is 23.1 Å². The van der Waals surface area contributed by atoms with Crippen LogP contribution in [-0.4, -0.2) is 39.8 Å². The van der Waals surface area contributed by atoms with Gasteiger partial charge in [-0.2, -0.15) is 16.3 Å². The first-order valence-corrected chi connectivity index (χ1v) is 10.1. The van der Waals surface area contributed by atoms with E-state index in [1.165, 1.54) is 0 Å². The van der Waals surface area contributed by atoms with E-state index in [1.807, 2.05) is 46.0 Å². The van der Waals surface area contributed by atoms with Gasteiger partial charge in [0.15, 0.2) is 0 Å². The molecule has 1 fully saturated rings. The molecule has 1 aromatic carbocycles. The van der Waals surface area contributed by atoms with Crippen LogP contribution in [0.5, 0.6) is 0 Å². The summed E-state index contributed by atoms with van der Waals surface area (Å²) in [7, 11) is 0. The van der Waals surface area contributed by atoms with Crippen molar-refractivity contribution < 1.29 is 9.32 Å². The number of nitrogens with zero attached hydrogens (tertiary/aromatic N) is 3. The fourth-order valence-electron chi connectivity index (χ4n) is 2.81. The average molecular weight is 371 g/mol. The molecule has 1 saturated heterocycles. The Hall–Kier alpha value is -2.12. The van der Waals surface area contributed by atoms with Crippen LogP contribution in [0.2, 0.25) is 0 Å². The van der Waals surface area contributed by atoms with E-state index < -0.39 is 0 Å². The zero-order valence-electron chi connectivity index (χ0n) is 13.7. The molecule has 128 valence electrons. The maximum absolute atomic E-state index is 12.7. The van der Waals surface area contributed by atoms with Crippen LogP contribution in [0.4, 0.5) is 0 Å². The minimum Gasteiger partial charge on any atom is -0.339 e. The van der Waals surface area contributed by atoms with Gasteiger partial charge in [-0.05, 0) is 29.3 Å². The van der Waals surface area contributed by atoms with Gasteiger partial charge in [-0.1, -0.05) is 24.2 Å². The number of amides is 1. The quantitative estimate of drug-likeness (QED) is 0.631. The first-order chi connectivity index (χ1) is 12.3. The monoisotopic (exact) mass is 371 g/mol. The summed E-state index contributed by atoms with van der Waals surface area (Å²) < 4.78 is 5.39. The van der Waals surface area contributed by atoms with Gasteiger partial charge in [0.1, 0.15) is 0 Å². The van der Waals surface area contributed by atoms with Crippen LogP contribution in [0.1, 0.15) is 29.1 Å². The van der Waals surface area contributed by atoms with Crippen LogP contribution in [-0.2, 0) is 0 Å². The molecule has 3 aromatic rings. The highest BCUT2D eigenvalue weighted by molar-refractivity contribution is 7.99. The summed E-state index contributed by atoms with van der Waals surface area (Å²) in [5.74, 6) is 2.37. The molecule has 25 heavy (non-hydrogen) atoms. The topological polar surface area (TPSA) is 59.2 Å². The van der Waals surface area contributed by atoms with Crippen molar-refractivity contribution >= 4 is 29.0 Å². The average Bonchev–Trinajstić information content (AvgIpc) is 3.25. The van der Waals surface area contributed by atoms with Crippen LogP contribution in [0.15, 0.2) is 50.5 Å². The molecule has 0 unspecified atom stereocenters. The molecule has 4 rings (SSSR count). The standard InChI is InChI=1S/C18H17N3O2S2/c1-2-25-15-6-4-3-5-14(15)18(22)21-9-13(10-21)17-19-16(20-23-17)12-7-8-24-11-12/h3-8,11,13H,2,9-10H2,1H3. The fraction of sp³-hybridized carbons (Fsp3) is 0.278. The maximum Gasteiger partial charge on any atom is 0.255 e. The van der Waals surface area contributed by atoms with Crippen molar-refractivity contribution in [1.82, 2.24) is 15.0 Å². The molecule has 2 aromatic heterocycles. The smallest absolute Gasteiger partial charge is 0.255 e. The zero-order chi connectivity index (χ0) is 17.2. The van der Waals surface area contributed by atoms with E-state index >= 15 is 0 Å². The van der Waals surface area contributed by atoms with Gasteiger partial charge in [-0.15, -0.1) is 11.8 Å². The molecule has 3 heterocycles. The number of aromatic nitrogens is 2. The second-order valence-corrected chi connectivity index (χ2v) is 7.89. The number of thioether (sulfide) groups is 1. The van der Waals surface area contributed by atoms with Crippen LogP contribution in [0, 0.1) is 0 Å². The third kappa shape index (κ3) is 3.21. The summed E-state index contributed by atoms with van der Waals surface area (Å²) >= 11 is 3.30. The van der Waals surface area contributed by atoms with E-state index in [4.69, 9.17) is 4.52 Å². The van der Waals surface area contributed by atoms with E-state index in [2.05, 4.69) is 17.1 Å². The van der Waals surface area contributed by atoms with E-state index in [-0.39, 0.29) is 11.8 Å². The summed E-state index contributed by atoms with van der Waals surface area (Å²) in [4.78, 5) is 20.1. The lowest BCUT2D eigenvalue weighted by Crippen LogP contribution is -2.48. The predicted octanol–water partition coefficient (Wildman–Crippen LogP) is 4.15. The fourth-order valence-corrected chi connectivity index (χ4v) is 4.24. The second kappa shape index (κ2) is 7.01. The minimum atomic E-state index is 0.0744. The highest BCUT2D eigenvalue weighted by Gasteiger charge is 2.36. The molecule has 0 saturated carbocycles. The number of hydrogen-bond donors (Lipinski definition) is 0. The summed E-state index contributed by atoms with van der Waals surface area (Å²) in [6.07, 6.45) is 0. The lowest BCUT2D eigenvalue weighted by atomic mass is 9.98. The Labute approximate surface area is 154 Å². The number of benzene rings is 1. The van der Waals surface area contributed by atoms with Crippen molar-refractivity contribution in [3.63, 3.8) is 0 Å². The molecule has 0 radical (unpaired) electrons. The number of hydrogen-bond acceptors (Lipinski definition) is 6. The van der Waals surface area contributed by atoms with E-state index in [9.17, 15) is 4.79 Å². The van der Waals surface area contributed by atoms with Gasteiger partial charge in [0.25, 0.3) is 5.91 Å². The van der Waals surface area contributed by atoms with Crippen LogP contribution in [0.25, 0.3) is 11.4 Å². The lowest BCUT2D eigenvalue weighted by Gasteiger charge is -2.37. The Balaban J connectivity index is 1.43. The number of thiophene rings is 1. The number of rotatable bonds is 5. The van der Waals surface area contributed by atoms with Crippen molar-refractivity contribution in [1.29, 1.82) is 0 Å². The number of carbonyl (C=O) groups is 1. The van der Waals surface area contributed by atoms with Crippen LogP contribution in [0.3, 0.4) is 0 Å². The first kappa shape index (κ1) is 16.4. The van der Waals surface area contributed by atoms with Crippen molar-refractivity contribution in [2.75, 3.05) is 18.8 Å². The molecule has 0 spiro atoms. The van der Waals surface area contributed by atoms with Gasteiger partial charge >= 0.3 is 0 Å². The molecule has 1 amide bonds. The van der Waals surface area contributed by atoms with Crippen molar-refractivity contribution in [2.45, 2.75) is 17.7 Å². The second-order valence-electron chi connectivity index (χ2n) is 5.80. The Morgan fingerprint density at radius 2 is 2.20 bits per heavy atom. The molecule has 7 heteroatoms. The third-order valence-electron chi connectivity index (χ3n) is 4.16. The number of likely N-dealkylation sites (tertiary alicyclic amines) is 1. The minimum absolute atomic E-state index is 0.0744. The van der Waals surface area contributed by atoms with Gasteiger partial charge in [0.05, 0.1) is 11.5 Å². The highest BCUT2D eigenvalue weighted by atomic mass is 32.2. The molecule has 1 aliphatic heterocycles. The largest absolute Gasteiger partial charge is 0.339 e. The summed E-state index contributed by atoms with van der Waals surface area (Å²) in [6.45, 7) is 3.33. The van der Waals surface area contributed by atoms with E-state index in [0.717, 1.165) is 21.8 Å². The lowest BCUT2D eigenvalue weighted by molar-refractivity contribution is 0.0565. The zero-order valence-corrected chi connectivity index (χ0v) is 15.3. The molecular weight excluding hydrogens is 354 g/mol. The first-order valence-electron chi connectivity index (χ1n) is 8.13. The summed E-state index contributed by atoms with van der Waals surface area (Å²) in [5, 5.41) is 8.02. The Kier molecular flexibility index (Phi) is 4.59. The summed E-state index contributed by atoms with van der Waals surface area (Å²) in [5.41, 5.74) is 1.75. The number of carbonyl (C=O) groups excluding carboxylic acids is 1. The van der Waals surface area contributed by atoms with Crippen molar-refractivity contribution in [2.24, 2.45) is 0 Å². The van der Waals surface area contributed by atoms with Crippen molar-refractivity contribution in [3.05, 3.63) is 52.5 Å². The predicted molar refractivity (Wildman–Crippen MR) is 99.1 cm³/mol. The van der Waals surface area contributed by atoms with Gasteiger partial charge in [0.2, 0.25) is 11.7 Å². The SMILES string of the molecule is CCSc1ccccc1C(=O)N1CC(c2nc(-c3ccsc3)no2)C1. The Morgan fingerprint density at radius 3 is 2.96 bits per heavy atom. The van der Waals surface area contributed by atoms with E-state index in [0.29, 0.717) is 24.8 Å². The summed E-state index contributed by atoms with van der Waals surface area (Å²) in [6, 6.07) is 9.75. The van der Waals surface area contributed by atoms with Gasteiger partial charge < -0.3 is 9.42 Å². The highest BCUT2D eigenvalue weighted by Crippen LogP contribution is 2.31. The molecule has 0 aliphatic carbocycles. The molecule has 0 N–H and O–H groups in total. The Morgan fingerprint density at radius 1 is 1.36 bits per heavy atom. The van der Waals surface area contributed by atoms with Gasteiger partial charge in [-0.25, -0.2) is 0 Å². The maximum atomic E-state index is 12.7. The van der Waals surface area contributed by atoms with Gasteiger partial charge in [0, 0.05) is 28.9 Å². The molecule has 0 atom stereocenters. The third-order valence-corrected chi connectivity index (χ3v) is 5.80. The molecule has 5 nitrogen and oxygen atoms in total. The van der Waals surface area contributed by atoms with Crippen molar-refractivity contribution in [3.8, 4) is 11.4 Å².